The van der Waals surface area contributed by atoms with Crippen LogP contribution in [0.5, 0.6) is 0 Å². The number of hydrogen-bond donors (Lipinski definition) is 1. The zero-order chi connectivity index (χ0) is 13.0. The molecule has 0 unspecified atom stereocenters. The number of rotatable bonds is 3. The fourth-order valence-electron chi connectivity index (χ4n) is 3.01. The summed E-state index contributed by atoms with van der Waals surface area (Å²) in [6, 6.07) is 4.33. The van der Waals surface area contributed by atoms with Crippen LogP contribution in [-0.4, -0.2) is 24.0 Å². The molecule has 0 amide bonds. The monoisotopic (exact) mass is 294 g/mol. The highest BCUT2D eigenvalue weighted by Crippen LogP contribution is 2.41. The summed E-state index contributed by atoms with van der Waals surface area (Å²) in [5, 5.41) is 6.82. The second-order valence-corrected chi connectivity index (χ2v) is 7.72. The molecular formula is C15H22N2S2. The molecule has 4 heteroatoms. The molecule has 0 saturated heterocycles. The predicted octanol–water partition coefficient (Wildman–Crippen LogP) is 3.93. The Morgan fingerprint density at radius 1 is 1.26 bits per heavy atom. The third kappa shape index (κ3) is 3.54. The lowest BCUT2D eigenvalue weighted by molar-refractivity contribution is 0.232. The van der Waals surface area contributed by atoms with E-state index in [1.165, 1.54) is 47.9 Å². The van der Waals surface area contributed by atoms with Gasteiger partial charge in [-0.05, 0) is 36.1 Å². The SMILES string of the molecule is c1csc(CCNC2=NCC3(CCCCC3)CS2)c1. The Morgan fingerprint density at radius 2 is 2.16 bits per heavy atom. The van der Waals surface area contributed by atoms with Crippen molar-refractivity contribution in [1.29, 1.82) is 0 Å². The second-order valence-electron chi connectivity index (χ2n) is 5.73. The average Bonchev–Trinajstić information content (AvgIpc) is 2.96. The molecule has 1 aliphatic carbocycles. The number of thiophene rings is 1. The summed E-state index contributed by atoms with van der Waals surface area (Å²) in [6.07, 6.45) is 8.16. The zero-order valence-electron chi connectivity index (χ0n) is 11.4. The highest BCUT2D eigenvalue weighted by Gasteiger charge is 2.34. The Labute approximate surface area is 124 Å². The van der Waals surface area contributed by atoms with Crippen LogP contribution in [0.1, 0.15) is 37.0 Å². The van der Waals surface area contributed by atoms with Crippen LogP contribution in [-0.2, 0) is 6.42 Å². The number of aliphatic imine (C=N–C) groups is 1. The molecule has 0 radical (unpaired) electrons. The Hall–Kier alpha value is -0.480. The van der Waals surface area contributed by atoms with Gasteiger partial charge in [0.05, 0.1) is 0 Å². The summed E-state index contributed by atoms with van der Waals surface area (Å²) in [6.45, 7) is 2.07. The number of hydrogen-bond acceptors (Lipinski definition) is 4. The van der Waals surface area contributed by atoms with Gasteiger partial charge in [-0.25, -0.2) is 0 Å². The molecule has 2 heterocycles. The molecule has 1 fully saturated rings. The van der Waals surface area contributed by atoms with E-state index in [4.69, 9.17) is 4.99 Å². The van der Waals surface area contributed by atoms with Crippen molar-refractivity contribution in [1.82, 2.24) is 5.32 Å². The predicted molar refractivity (Wildman–Crippen MR) is 86.3 cm³/mol. The molecule has 2 nitrogen and oxygen atoms in total. The van der Waals surface area contributed by atoms with E-state index in [1.807, 2.05) is 23.1 Å². The minimum atomic E-state index is 0.544. The van der Waals surface area contributed by atoms with Gasteiger partial charge in [0.2, 0.25) is 0 Å². The standard InChI is InChI=1S/C15H22N2S2/c1-2-7-15(8-3-1)11-17-14(19-12-15)16-9-6-13-5-4-10-18-13/h4-5,10H,1-3,6-9,11-12H2,(H,16,17). The van der Waals surface area contributed by atoms with E-state index in [9.17, 15) is 0 Å². The maximum Gasteiger partial charge on any atom is 0.156 e. The van der Waals surface area contributed by atoms with E-state index in [0.717, 1.165) is 19.5 Å². The van der Waals surface area contributed by atoms with Gasteiger partial charge in [-0.1, -0.05) is 37.1 Å². The number of amidine groups is 1. The lowest BCUT2D eigenvalue weighted by atomic mass is 9.75. The molecule has 0 aromatic carbocycles. The molecule has 104 valence electrons. The molecular weight excluding hydrogens is 272 g/mol. The minimum Gasteiger partial charge on any atom is -0.365 e. The summed E-state index contributed by atoms with van der Waals surface area (Å²) in [5.41, 5.74) is 0.544. The van der Waals surface area contributed by atoms with Gasteiger partial charge in [0.1, 0.15) is 0 Å². The van der Waals surface area contributed by atoms with Gasteiger partial charge in [-0.15, -0.1) is 11.3 Å². The highest BCUT2D eigenvalue weighted by molar-refractivity contribution is 8.13. The topological polar surface area (TPSA) is 24.4 Å². The van der Waals surface area contributed by atoms with Crippen LogP contribution in [0.15, 0.2) is 22.5 Å². The lowest BCUT2D eigenvalue weighted by Gasteiger charge is -2.38. The van der Waals surface area contributed by atoms with Crippen molar-refractivity contribution < 1.29 is 0 Å². The van der Waals surface area contributed by atoms with Gasteiger partial charge in [0.15, 0.2) is 5.17 Å². The summed E-state index contributed by atoms with van der Waals surface area (Å²) < 4.78 is 0. The maximum atomic E-state index is 4.80. The maximum absolute atomic E-state index is 4.80. The van der Waals surface area contributed by atoms with Crippen LogP contribution in [0, 0.1) is 5.41 Å². The van der Waals surface area contributed by atoms with E-state index < -0.39 is 0 Å². The number of nitrogens with one attached hydrogen (secondary N) is 1. The van der Waals surface area contributed by atoms with Gasteiger partial charge in [0, 0.05) is 23.7 Å². The summed E-state index contributed by atoms with van der Waals surface area (Å²) >= 11 is 3.79. The van der Waals surface area contributed by atoms with Crippen LogP contribution in [0.2, 0.25) is 0 Å². The van der Waals surface area contributed by atoms with E-state index in [2.05, 4.69) is 22.8 Å². The quantitative estimate of drug-likeness (QED) is 0.913. The molecule has 1 aromatic heterocycles. The van der Waals surface area contributed by atoms with Gasteiger partial charge in [0.25, 0.3) is 0 Å². The van der Waals surface area contributed by atoms with Crippen molar-refractivity contribution in [2.45, 2.75) is 38.5 Å². The molecule has 1 N–H and O–H groups in total. The van der Waals surface area contributed by atoms with Crippen molar-refractivity contribution in [2.24, 2.45) is 10.4 Å². The first-order chi connectivity index (χ1) is 9.36. The first-order valence-electron chi connectivity index (χ1n) is 7.30. The molecule has 1 aromatic rings. The van der Waals surface area contributed by atoms with Crippen molar-refractivity contribution in [2.75, 3.05) is 18.8 Å². The molecule has 1 spiro atoms. The average molecular weight is 294 g/mol. The largest absolute Gasteiger partial charge is 0.365 e. The van der Waals surface area contributed by atoms with E-state index in [0.29, 0.717) is 5.41 Å². The van der Waals surface area contributed by atoms with Crippen molar-refractivity contribution in [3.63, 3.8) is 0 Å². The Bertz CT molecular complexity index is 419. The molecule has 0 bridgehead atoms. The smallest absolute Gasteiger partial charge is 0.156 e. The second kappa shape index (κ2) is 6.31. The molecule has 2 aliphatic rings. The zero-order valence-corrected chi connectivity index (χ0v) is 13.0. The van der Waals surface area contributed by atoms with E-state index in [1.54, 1.807) is 0 Å². The van der Waals surface area contributed by atoms with Gasteiger partial charge >= 0.3 is 0 Å². The molecule has 0 atom stereocenters. The van der Waals surface area contributed by atoms with Gasteiger partial charge < -0.3 is 5.32 Å². The summed E-state index contributed by atoms with van der Waals surface area (Å²) in [5.74, 6) is 1.28. The fourth-order valence-corrected chi connectivity index (χ4v) is 4.90. The lowest BCUT2D eigenvalue weighted by Crippen LogP contribution is -2.37. The van der Waals surface area contributed by atoms with Crippen LogP contribution in [0.25, 0.3) is 0 Å². The van der Waals surface area contributed by atoms with Crippen LogP contribution in [0.4, 0.5) is 0 Å². The normalized spacial score (nSPS) is 22.2. The fraction of sp³-hybridized carbons (Fsp3) is 0.667. The van der Waals surface area contributed by atoms with Crippen LogP contribution < -0.4 is 5.32 Å². The molecule has 3 rings (SSSR count). The third-order valence-electron chi connectivity index (χ3n) is 4.22. The highest BCUT2D eigenvalue weighted by atomic mass is 32.2. The first kappa shape index (κ1) is 13.5. The Morgan fingerprint density at radius 3 is 2.84 bits per heavy atom. The van der Waals surface area contributed by atoms with Gasteiger partial charge in [-0.2, -0.15) is 0 Å². The van der Waals surface area contributed by atoms with E-state index in [-0.39, 0.29) is 0 Å². The van der Waals surface area contributed by atoms with Crippen molar-refractivity contribution >= 4 is 28.3 Å². The number of thioether (sulfide) groups is 1. The van der Waals surface area contributed by atoms with Crippen molar-refractivity contribution in [3.8, 4) is 0 Å². The first-order valence-corrected chi connectivity index (χ1v) is 9.16. The van der Waals surface area contributed by atoms with E-state index >= 15 is 0 Å². The van der Waals surface area contributed by atoms with Gasteiger partial charge in [-0.3, -0.25) is 4.99 Å². The summed E-state index contributed by atoms with van der Waals surface area (Å²) in [7, 11) is 0. The minimum absolute atomic E-state index is 0.544. The molecule has 19 heavy (non-hydrogen) atoms. The molecule has 1 aliphatic heterocycles. The van der Waals surface area contributed by atoms with Crippen LogP contribution >= 0.6 is 23.1 Å². The van der Waals surface area contributed by atoms with Crippen molar-refractivity contribution in [3.05, 3.63) is 22.4 Å². The Balaban J connectivity index is 1.45. The summed E-state index contributed by atoms with van der Waals surface area (Å²) in [4.78, 5) is 6.25. The van der Waals surface area contributed by atoms with Crippen LogP contribution in [0.3, 0.4) is 0 Å². The number of nitrogens with zero attached hydrogens (tertiary/aromatic N) is 1. The third-order valence-corrected chi connectivity index (χ3v) is 6.45. The Kier molecular flexibility index (Phi) is 4.49. The molecule has 1 saturated carbocycles.